The number of nitrogens with two attached hydrogens (primary N) is 1. The number of nitrogen functional groups attached to an aromatic ring is 1. The zero-order valence-corrected chi connectivity index (χ0v) is 11.4. The molecule has 0 radical (unpaired) electrons. The number of thiophene rings is 1. The molecule has 1 fully saturated rings. The second-order valence-corrected chi connectivity index (χ2v) is 5.68. The molecule has 0 spiro atoms. The topological polar surface area (TPSA) is 87.3 Å². The largest absolute Gasteiger partial charge is 0.396 e. The maximum atomic E-state index is 9.04. The number of aliphatic hydroxyl groups excluding tert-OH is 1. The predicted octanol–water partition coefficient (Wildman–Crippen LogP) is 1.19. The number of hydrogen-bond donors (Lipinski definition) is 3. The second kappa shape index (κ2) is 5.28. The molecule has 2 aromatic heterocycles. The van der Waals surface area contributed by atoms with Crippen molar-refractivity contribution >= 4 is 33.3 Å². The van der Waals surface area contributed by atoms with Crippen LogP contribution in [-0.2, 0) is 0 Å². The number of fused-ring (bicyclic) bond motifs is 1. The average Bonchev–Trinajstić information content (AvgIpc) is 3.06. The van der Waals surface area contributed by atoms with Gasteiger partial charge in [0.05, 0.1) is 10.2 Å². The van der Waals surface area contributed by atoms with Gasteiger partial charge in [-0.05, 0) is 30.2 Å². The van der Waals surface area contributed by atoms with E-state index in [0.29, 0.717) is 11.9 Å². The van der Waals surface area contributed by atoms with Crippen molar-refractivity contribution in [1.82, 2.24) is 9.97 Å². The van der Waals surface area contributed by atoms with Gasteiger partial charge in [0.1, 0.15) is 0 Å². The molecule has 1 saturated heterocycles. The molecular formula is C12H17N5OS. The number of aliphatic hydroxyl groups is 1. The fraction of sp³-hybridized carbons (Fsp3) is 0.500. The van der Waals surface area contributed by atoms with Crippen LogP contribution < -0.4 is 16.2 Å². The maximum absolute atomic E-state index is 9.04. The van der Waals surface area contributed by atoms with E-state index >= 15 is 0 Å². The minimum absolute atomic E-state index is 0.256. The first-order valence-electron chi connectivity index (χ1n) is 6.39. The summed E-state index contributed by atoms with van der Waals surface area (Å²) in [5.41, 5.74) is 3.45. The van der Waals surface area contributed by atoms with Crippen molar-refractivity contribution in [3.63, 3.8) is 0 Å². The zero-order chi connectivity index (χ0) is 13.2. The first kappa shape index (κ1) is 12.6. The Kier molecular flexibility index (Phi) is 3.50. The van der Waals surface area contributed by atoms with Crippen LogP contribution in [0.3, 0.4) is 0 Å². The SMILES string of the molecule is NNc1nc(N2CCC(CCO)C2)c2sccc2n1. The van der Waals surface area contributed by atoms with Crippen molar-refractivity contribution in [1.29, 1.82) is 0 Å². The molecule has 19 heavy (non-hydrogen) atoms. The van der Waals surface area contributed by atoms with E-state index in [1.54, 1.807) is 11.3 Å². The lowest BCUT2D eigenvalue weighted by atomic mass is 10.1. The summed E-state index contributed by atoms with van der Waals surface area (Å²) < 4.78 is 1.10. The number of aromatic nitrogens is 2. The number of hydrazine groups is 1. The third-order valence-electron chi connectivity index (χ3n) is 3.54. The van der Waals surface area contributed by atoms with Crippen LogP contribution in [0.5, 0.6) is 0 Å². The van der Waals surface area contributed by atoms with E-state index in [1.807, 2.05) is 11.4 Å². The number of hydrogen-bond acceptors (Lipinski definition) is 7. The van der Waals surface area contributed by atoms with E-state index in [2.05, 4.69) is 20.3 Å². The van der Waals surface area contributed by atoms with Gasteiger partial charge in [-0.25, -0.2) is 10.8 Å². The van der Waals surface area contributed by atoms with Gasteiger partial charge < -0.3 is 10.0 Å². The highest BCUT2D eigenvalue weighted by molar-refractivity contribution is 7.17. The fourth-order valence-corrected chi connectivity index (χ4v) is 3.42. The van der Waals surface area contributed by atoms with Crippen LogP contribution in [0.15, 0.2) is 11.4 Å². The van der Waals surface area contributed by atoms with Crippen molar-refractivity contribution in [2.75, 3.05) is 30.0 Å². The fourth-order valence-electron chi connectivity index (χ4n) is 2.57. The summed E-state index contributed by atoms with van der Waals surface area (Å²) in [4.78, 5) is 11.1. The van der Waals surface area contributed by atoms with Gasteiger partial charge in [0.15, 0.2) is 5.82 Å². The highest BCUT2D eigenvalue weighted by Crippen LogP contribution is 2.33. The Labute approximate surface area is 115 Å². The van der Waals surface area contributed by atoms with Gasteiger partial charge in [0.2, 0.25) is 5.95 Å². The molecule has 7 heteroatoms. The standard InChI is InChI=1S/C12H17N5OS/c13-16-12-14-9-3-6-19-10(9)11(15-12)17-4-1-8(7-17)2-5-18/h3,6,8,18H,1-2,4-5,7,13H2,(H,14,15,16). The normalized spacial score (nSPS) is 19.3. The van der Waals surface area contributed by atoms with Crippen LogP contribution in [0.1, 0.15) is 12.8 Å². The minimum atomic E-state index is 0.256. The summed E-state index contributed by atoms with van der Waals surface area (Å²) in [7, 11) is 0. The van der Waals surface area contributed by atoms with Gasteiger partial charge >= 0.3 is 0 Å². The van der Waals surface area contributed by atoms with Crippen molar-refractivity contribution in [2.45, 2.75) is 12.8 Å². The van der Waals surface area contributed by atoms with Crippen molar-refractivity contribution in [2.24, 2.45) is 11.8 Å². The Morgan fingerprint density at radius 2 is 2.42 bits per heavy atom. The van der Waals surface area contributed by atoms with Gasteiger partial charge in [-0.1, -0.05) is 0 Å². The lowest BCUT2D eigenvalue weighted by Crippen LogP contribution is -2.22. The molecule has 3 heterocycles. The molecule has 0 aliphatic carbocycles. The highest BCUT2D eigenvalue weighted by Gasteiger charge is 2.25. The number of nitrogens with one attached hydrogen (secondary N) is 1. The lowest BCUT2D eigenvalue weighted by Gasteiger charge is -2.18. The summed E-state index contributed by atoms with van der Waals surface area (Å²) >= 11 is 1.65. The molecule has 2 aromatic rings. The van der Waals surface area contributed by atoms with Crippen LogP contribution in [0.4, 0.5) is 11.8 Å². The van der Waals surface area contributed by atoms with Crippen LogP contribution in [0, 0.1) is 5.92 Å². The monoisotopic (exact) mass is 279 g/mol. The highest BCUT2D eigenvalue weighted by atomic mass is 32.1. The molecule has 0 bridgehead atoms. The Morgan fingerprint density at radius 3 is 3.21 bits per heavy atom. The minimum Gasteiger partial charge on any atom is -0.396 e. The third-order valence-corrected chi connectivity index (χ3v) is 4.44. The molecule has 1 unspecified atom stereocenters. The van der Waals surface area contributed by atoms with Gasteiger partial charge in [0, 0.05) is 19.7 Å². The van der Waals surface area contributed by atoms with Crippen molar-refractivity contribution in [3.05, 3.63) is 11.4 Å². The van der Waals surface area contributed by atoms with Crippen LogP contribution in [-0.4, -0.2) is 34.8 Å². The summed E-state index contributed by atoms with van der Waals surface area (Å²) in [5.74, 6) is 7.38. The Hall–Kier alpha value is -1.44. The molecule has 1 aliphatic heterocycles. The van der Waals surface area contributed by atoms with Crippen molar-refractivity contribution < 1.29 is 5.11 Å². The van der Waals surface area contributed by atoms with E-state index in [9.17, 15) is 0 Å². The van der Waals surface area contributed by atoms with E-state index in [1.165, 1.54) is 0 Å². The van der Waals surface area contributed by atoms with E-state index < -0.39 is 0 Å². The predicted molar refractivity (Wildman–Crippen MR) is 77.2 cm³/mol. The molecule has 0 amide bonds. The smallest absolute Gasteiger partial charge is 0.239 e. The molecule has 0 saturated carbocycles. The molecule has 1 atom stereocenters. The summed E-state index contributed by atoms with van der Waals surface area (Å²) in [6.45, 7) is 2.17. The van der Waals surface area contributed by atoms with Crippen LogP contribution >= 0.6 is 11.3 Å². The molecule has 0 aromatic carbocycles. The molecule has 1 aliphatic rings. The summed E-state index contributed by atoms with van der Waals surface area (Å²) in [5, 5.41) is 11.1. The van der Waals surface area contributed by atoms with Crippen LogP contribution in [0.25, 0.3) is 10.2 Å². The average molecular weight is 279 g/mol. The van der Waals surface area contributed by atoms with Gasteiger partial charge in [-0.15, -0.1) is 11.3 Å². The number of rotatable bonds is 4. The Morgan fingerprint density at radius 1 is 1.53 bits per heavy atom. The zero-order valence-electron chi connectivity index (χ0n) is 10.5. The quantitative estimate of drug-likeness (QED) is 0.575. The van der Waals surface area contributed by atoms with E-state index in [-0.39, 0.29) is 6.61 Å². The lowest BCUT2D eigenvalue weighted by molar-refractivity contribution is 0.263. The Bertz CT molecular complexity index is 572. The van der Waals surface area contributed by atoms with Gasteiger partial charge in [-0.3, -0.25) is 5.43 Å². The Balaban J connectivity index is 1.93. The number of nitrogens with zero attached hydrogens (tertiary/aromatic N) is 3. The van der Waals surface area contributed by atoms with Gasteiger partial charge in [-0.2, -0.15) is 4.98 Å². The summed E-state index contributed by atoms with van der Waals surface area (Å²) in [6.07, 6.45) is 1.96. The second-order valence-electron chi connectivity index (χ2n) is 4.76. The first-order valence-corrected chi connectivity index (χ1v) is 7.27. The molecule has 102 valence electrons. The van der Waals surface area contributed by atoms with Crippen molar-refractivity contribution in [3.8, 4) is 0 Å². The summed E-state index contributed by atoms with van der Waals surface area (Å²) in [6, 6.07) is 1.98. The number of anilines is 2. The van der Waals surface area contributed by atoms with E-state index in [4.69, 9.17) is 10.9 Å². The first-order chi connectivity index (χ1) is 9.31. The molecule has 3 rings (SSSR count). The molecule has 6 nitrogen and oxygen atoms in total. The van der Waals surface area contributed by atoms with Crippen LogP contribution in [0.2, 0.25) is 0 Å². The van der Waals surface area contributed by atoms with Gasteiger partial charge in [0.25, 0.3) is 0 Å². The molecular weight excluding hydrogens is 262 g/mol. The maximum Gasteiger partial charge on any atom is 0.239 e. The van der Waals surface area contributed by atoms with E-state index in [0.717, 1.165) is 42.0 Å². The third kappa shape index (κ3) is 2.36. The molecule has 4 N–H and O–H groups in total.